The zero-order chi connectivity index (χ0) is 22.6. The fraction of sp³-hybridized carbons (Fsp3) is 0.409. The van der Waals surface area contributed by atoms with E-state index in [1.54, 1.807) is 0 Å². The van der Waals surface area contributed by atoms with Crippen molar-refractivity contribution in [3.63, 3.8) is 0 Å². The standard InChI is InChI=1S/C22H22F6N2O.2ClH/c23-21(24,25)18-12-17(13-19(14-18)22(26,27)28)20(31)6-7-29-8-10-30(11-9-29)15-16-4-2-1-3-5-16;;/h1-5,12-14H,6-11,15H2;2*1H. The van der Waals surface area contributed by atoms with Crippen molar-refractivity contribution in [1.29, 1.82) is 0 Å². The van der Waals surface area contributed by atoms with Crippen LogP contribution in [0.3, 0.4) is 0 Å². The Balaban J connectivity index is 0.00000272. The molecule has 0 unspecified atom stereocenters. The first-order valence-electron chi connectivity index (χ1n) is 9.84. The monoisotopic (exact) mass is 516 g/mol. The lowest BCUT2D eigenvalue weighted by molar-refractivity contribution is -0.143. The van der Waals surface area contributed by atoms with Crippen LogP contribution >= 0.6 is 24.8 Å². The van der Waals surface area contributed by atoms with Gasteiger partial charge < -0.3 is 4.90 Å². The third-order valence-corrected chi connectivity index (χ3v) is 5.28. The van der Waals surface area contributed by atoms with E-state index in [2.05, 4.69) is 4.90 Å². The fourth-order valence-electron chi connectivity index (χ4n) is 3.53. The second-order valence-electron chi connectivity index (χ2n) is 7.57. The van der Waals surface area contributed by atoms with Crippen molar-refractivity contribution in [1.82, 2.24) is 9.80 Å². The van der Waals surface area contributed by atoms with Crippen molar-refractivity contribution < 1.29 is 31.1 Å². The van der Waals surface area contributed by atoms with Crippen molar-refractivity contribution in [2.24, 2.45) is 0 Å². The van der Waals surface area contributed by atoms with Gasteiger partial charge in [0.1, 0.15) is 0 Å². The summed E-state index contributed by atoms with van der Waals surface area (Å²) in [6.45, 7) is 3.98. The third kappa shape index (κ3) is 8.48. The number of carbonyl (C=O) groups excluding carboxylic acids is 1. The molecule has 0 amide bonds. The molecule has 11 heteroatoms. The summed E-state index contributed by atoms with van der Waals surface area (Å²) in [5, 5.41) is 0. The molecule has 2 aromatic rings. The highest BCUT2D eigenvalue weighted by atomic mass is 35.5. The third-order valence-electron chi connectivity index (χ3n) is 5.28. The summed E-state index contributed by atoms with van der Waals surface area (Å²) in [6.07, 6.45) is -10.1. The van der Waals surface area contributed by atoms with Crippen LogP contribution in [0.2, 0.25) is 0 Å². The van der Waals surface area contributed by atoms with Gasteiger partial charge in [-0.3, -0.25) is 9.69 Å². The second kappa shape index (κ2) is 12.1. The van der Waals surface area contributed by atoms with E-state index >= 15 is 0 Å². The Morgan fingerprint density at radius 3 is 1.73 bits per heavy atom. The lowest BCUT2D eigenvalue weighted by Gasteiger charge is -2.34. The molecule has 1 saturated heterocycles. The van der Waals surface area contributed by atoms with Crippen molar-refractivity contribution in [3.8, 4) is 0 Å². The van der Waals surface area contributed by atoms with E-state index in [1.165, 1.54) is 5.56 Å². The van der Waals surface area contributed by atoms with Gasteiger partial charge in [0.25, 0.3) is 0 Å². The number of hydrogen-bond acceptors (Lipinski definition) is 3. The summed E-state index contributed by atoms with van der Waals surface area (Å²) in [5.74, 6) is -0.733. The molecular formula is C22H24Cl2F6N2O. The Bertz CT molecular complexity index is 866. The highest BCUT2D eigenvalue weighted by molar-refractivity contribution is 5.96. The van der Waals surface area contributed by atoms with E-state index in [4.69, 9.17) is 0 Å². The van der Waals surface area contributed by atoms with Gasteiger partial charge in [0, 0.05) is 51.3 Å². The Morgan fingerprint density at radius 1 is 0.758 bits per heavy atom. The van der Waals surface area contributed by atoms with Gasteiger partial charge in [-0.05, 0) is 23.8 Å². The maximum Gasteiger partial charge on any atom is 0.416 e. The smallest absolute Gasteiger partial charge is 0.300 e. The van der Waals surface area contributed by atoms with Crippen LogP contribution in [-0.4, -0.2) is 48.3 Å². The summed E-state index contributed by atoms with van der Waals surface area (Å²) in [7, 11) is 0. The molecule has 0 atom stereocenters. The van der Waals surface area contributed by atoms with Crippen molar-refractivity contribution in [2.75, 3.05) is 32.7 Å². The predicted octanol–water partition coefficient (Wildman–Crippen LogP) is 5.96. The van der Waals surface area contributed by atoms with Crippen LogP contribution in [0.4, 0.5) is 26.3 Å². The quantitative estimate of drug-likeness (QED) is 0.349. The van der Waals surface area contributed by atoms with Crippen molar-refractivity contribution >= 4 is 30.6 Å². The molecule has 1 heterocycles. The average molecular weight is 517 g/mol. The molecule has 0 N–H and O–H groups in total. The van der Waals surface area contributed by atoms with Crippen LogP contribution in [0.25, 0.3) is 0 Å². The van der Waals surface area contributed by atoms with Gasteiger partial charge in [0.15, 0.2) is 5.78 Å². The number of benzene rings is 2. The molecule has 1 aliphatic heterocycles. The van der Waals surface area contributed by atoms with Crippen LogP contribution in [0.1, 0.15) is 33.5 Å². The summed E-state index contributed by atoms with van der Waals surface area (Å²) < 4.78 is 77.9. The molecule has 3 rings (SSSR count). The zero-order valence-corrected chi connectivity index (χ0v) is 19.1. The molecule has 0 radical (unpaired) electrons. The van der Waals surface area contributed by atoms with Gasteiger partial charge in [0.2, 0.25) is 0 Å². The zero-order valence-electron chi connectivity index (χ0n) is 17.5. The minimum Gasteiger partial charge on any atom is -0.300 e. The van der Waals surface area contributed by atoms with Crippen LogP contribution in [-0.2, 0) is 18.9 Å². The predicted molar refractivity (Wildman–Crippen MR) is 118 cm³/mol. The summed E-state index contributed by atoms with van der Waals surface area (Å²) in [4.78, 5) is 16.6. The first-order valence-corrected chi connectivity index (χ1v) is 9.84. The number of piperazine rings is 1. The number of hydrogen-bond donors (Lipinski definition) is 0. The van der Waals surface area contributed by atoms with Gasteiger partial charge in [0.05, 0.1) is 11.1 Å². The maximum absolute atomic E-state index is 13.0. The molecule has 0 saturated carbocycles. The van der Waals surface area contributed by atoms with Gasteiger partial charge >= 0.3 is 12.4 Å². The summed E-state index contributed by atoms with van der Waals surface area (Å²) in [6, 6.07) is 11.0. The molecule has 3 nitrogen and oxygen atoms in total. The van der Waals surface area contributed by atoms with Crippen LogP contribution < -0.4 is 0 Å². The van der Waals surface area contributed by atoms with Crippen LogP contribution in [0, 0.1) is 0 Å². The molecule has 0 aromatic heterocycles. The fourth-order valence-corrected chi connectivity index (χ4v) is 3.53. The largest absolute Gasteiger partial charge is 0.416 e. The molecule has 0 aliphatic carbocycles. The van der Waals surface area contributed by atoms with Gasteiger partial charge in [-0.25, -0.2) is 0 Å². The minimum absolute atomic E-state index is 0. The molecule has 1 fully saturated rings. The number of carbonyl (C=O) groups is 1. The Labute approximate surface area is 200 Å². The highest BCUT2D eigenvalue weighted by Crippen LogP contribution is 2.36. The van der Waals surface area contributed by atoms with Gasteiger partial charge in [-0.2, -0.15) is 26.3 Å². The van der Waals surface area contributed by atoms with E-state index in [0.29, 0.717) is 25.2 Å². The van der Waals surface area contributed by atoms with E-state index in [0.717, 1.165) is 19.6 Å². The first kappa shape index (κ1) is 29.2. The number of rotatable bonds is 6. The lowest BCUT2D eigenvalue weighted by Crippen LogP contribution is -2.46. The van der Waals surface area contributed by atoms with E-state index in [-0.39, 0.29) is 43.8 Å². The SMILES string of the molecule is Cl.Cl.O=C(CCN1CCN(Cc2ccccc2)CC1)c1cc(C(F)(F)F)cc(C(F)(F)F)c1. The minimum atomic E-state index is -4.97. The highest BCUT2D eigenvalue weighted by Gasteiger charge is 2.37. The van der Waals surface area contributed by atoms with E-state index in [1.807, 2.05) is 35.2 Å². The number of ketones is 1. The maximum atomic E-state index is 13.0. The number of Topliss-reactive ketones (excluding diaryl/α,β-unsaturated/α-hetero) is 1. The Kier molecular flexibility index (Phi) is 10.7. The molecule has 0 bridgehead atoms. The second-order valence-corrected chi connectivity index (χ2v) is 7.57. The molecule has 33 heavy (non-hydrogen) atoms. The van der Waals surface area contributed by atoms with Crippen molar-refractivity contribution in [3.05, 3.63) is 70.8 Å². The molecule has 184 valence electrons. The molecule has 0 spiro atoms. The molecule has 1 aliphatic rings. The van der Waals surface area contributed by atoms with E-state index in [9.17, 15) is 31.1 Å². The number of nitrogens with zero attached hydrogens (tertiary/aromatic N) is 2. The topological polar surface area (TPSA) is 23.6 Å². The molecular weight excluding hydrogens is 493 g/mol. The van der Waals surface area contributed by atoms with Crippen LogP contribution in [0.5, 0.6) is 0 Å². The summed E-state index contributed by atoms with van der Waals surface area (Å²) in [5.41, 5.74) is -2.32. The van der Waals surface area contributed by atoms with Crippen molar-refractivity contribution in [2.45, 2.75) is 25.3 Å². The Hall–Kier alpha value is -1.81. The van der Waals surface area contributed by atoms with E-state index < -0.39 is 34.8 Å². The molecule has 2 aromatic carbocycles. The van der Waals surface area contributed by atoms with Gasteiger partial charge in [-0.1, -0.05) is 30.3 Å². The normalized spacial score (nSPS) is 15.5. The van der Waals surface area contributed by atoms with Gasteiger partial charge in [-0.15, -0.1) is 24.8 Å². The number of alkyl halides is 6. The lowest BCUT2D eigenvalue weighted by atomic mass is 10.0. The summed E-state index contributed by atoms with van der Waals surface area (Å²) >= 11 is 0. The number of halogens is 8. The Morgan fingerprint density at radius 2 is 1.24 bits per heavy atom. The first-order chi connectivity index (χ1) is 14.5. The average Bonchev–Trinajstić information content (AvgIpc) is 2.72. The van der Waals surface area contributed by atoms with Crippen LogP contribution in [0.15, 0.2) is 48.5 Å².